The molecule has 0 fully saturated rings. The van der Waals surface area contributed by atoms with Gasteiger partial charge in [-0.2, -0.15) is 36.4 Å². The van der Waals surface area contributed by atoms with Crippen molar-refractivity contribution in [2.45, 2.75) is 25.4 Å². The van der Waals surface area contributed by atoms with Crippen molar-refractivity contribution < 1.29 is 35.8 Å². The number of nitrogens with zero attached hydrogens (tertiary/aromatic N) is 4. The second-order valence-corrected chi connectivity index (χ2v) is 6.64. The molecule has 3 rings (SSSR count). The number of rotatable bonds is 6. The zero-order valence-electron chi connectivity index (χ0n) is 16.6. The average molecular weight is 462 g/mol. The van der Waals surface area contributed by atoms with E-state index in [4.69, 9.17) is 4.74 Å². The van der Waals surface area contributed by atoms with Crippen LogP contribution in [0.5, 0.6) is 11.8 Å². The topological polar surface area (TPSA) is 71.2 Å². The number of aryl methyl sites for hydroxylation is 1. The smallest absolute Gasteiger partial charge is 0.425 e. The first kappa shape index (κ1) is 23.2. The molecule has 0 aliphatic carbocycles. The van der Waals surface area contributed by atoms with Crippen molar-refractivity contribution in [3.05, 3.63) is 52.9 Å². The van der Waals surface area contributed by atoms with Gasteiger partial charge in [0.2, 0.25) is 0 Å². The highest BCUT2D eigenvalue weighted by Gasteiger charge is 2.39. The van der Waals surface area contributed by atoms with Gasteiger partial charge in [-0.1, -0.05) is 0 Å². The van der Waals surface area contributed by atoms with Crippen molar-refractivity contribution in [1.29, 1.82) is 0 Å². The van der Waals surface area contributed by atoms with E-state index in [9.17, 15) is 31.1 Å². The molecule has 13 heteroatoms. The quantitative estimate of drug-likeness (QED) is 0.520. The van der Waals surface area contributed by atoms with Gasteiger partial charge in [0, 0.05) is 19.3 Å². The Kier molecular flexibility index (Phi) is 6.19. The SMILES string of the molecule is C[C@@H](Oc1nc(-c2ccnn2C)cc(=O)n1-c1ccc(OCC(F)(F)F)cc1)C(F)(F)F. The number of hydrogen-bond donors (Lipinski definition) is 0. The molecule has 0 saturated carbocycles. The van der Waals surface area contributed by atoms with Crippen LogP contribution in [0, 0.1) is 0 Å². The van der Waals surface area contributed by atoms with Gasteiger partial charge in [0.1, 0.15) is 5.75 Å². The van der Waals surface area contributed by atoms with E-state index in [0.717, 1.165) is 29.7 Å². The zero-order chi connectivity index (χ0) is 23.7. The second-order valence-electron chi connectivity index (χ2n) is 6.64. The molecule has 0 radical (unpaired) electrons. The van der Waals surface area contributed by atoms with Crippen LogP contribution in [0.4, 0.5) is 26.3 Å². The highest BCUT2D eigenvalue weighted by atomic mass is 19.4. The van der Waals surface area contributed by atoms with Gasteiger partial charge in [0.05, 0.1) is 17.1 Å². The van der Waals surface area contributed by atoms with E-state index >= 15 is 0 Å². The van der Waals surface area contributed by atoms with Gasteiger partial charge >= 0.3 is 18.4 Å². The fraction of sp³-hybridized carbons (Fsp3) is 0.316. The number of halogens is 6. The molecule has 0 unspecified atom stereocenters. The van der Waals surface area contributed by atoms with Crippen LogP contribution < -0.4 is 15.0 Å². The maximum Gasteiger partial charge on any atom is 0.425 e. The van der Waals surface area contributed by atoms with Crippen molar-refractivity contribution in [1.82, 2.24) is 19.3 Å². The summed E-state index contributed by atoms with van der Waals surface area (Å²) in [6, 6.07) is 6.61. The second kappa shape index (κ2) is 8.55. The Hall–Kier alpha value is -3.51. The summed E-state index contributed by atoms with van der Waals surface area (Å²) in [4.78, 5) is 16.9. The first-order valence-corrected chi connectivity index (χ1v) is 9.01. The molecular weight excluding hydrogens is 446 g/mol. The lowest BCUT2D eigenvalue weighted by atomic mass is 10.2. The van der Waals surface area contributed by atoms with Gasteiger partial charge in [-0.15, -0.1) is 0 Å². The minimum absolute atomic E-state index is 0.0165. The highest BCUT2D eigenvalue weighted by Crippen LogP contribution is 2.27. The Balaban J connectivity index is 2.04. The number of ether oxygens (including phenoxy) is 2. The zero-order valence-corrected chi connectivity index (χ0v) is 16.6. The van der Waals surface area contributed by atoms with Gasteiger partial charge in [-0.05, 0) is 37.3 Å². The fourth-order valence-corrected chi connectivity index (χ4v) is 2.62. The summed E-state index contributed by atoms with van der Waals surface area (Å²) in [5.74, 6) is -0.148. The maximum absolute atomic E-state index is 13.1. The lowest BCUT2D eigenvalue weighted by molar-refractivity contribution is -0.191. The third-order valence-corrected chi connectivity index (χ3v) is 4.21. The molecule has 0 saturated heterocycles. The largest absolute Gasteiger partial charge is 0.484 e. The molecule has 2 aromatic heterocycles. The third kappa shape index (κ3) is 5.39. The van der Waals surface area contributed by atoms with E-state index in [1.807, 2.05) is 0 Å². The molecule has 2 heterocycles. The van der Waals surface area contributed by atoms with Crippen LogP contribution in [0.2, 0.25) is 0 Å². The molecule has 0 aliphatic rings. The van der Waals surface area contributed by atoms with E-state index in [1.165, 1.54) is 29.1 Å². The summed E-state index contributed by atoms with van der Waals surface area (Å²) in [6.45, 7) is -0.772. The van der Waals surface area contributed by atoms with E-state index in [0.29, 0.717) is 5.69 Å². The number of benzene rings is 1. The molecule has 172 valence electrons. The molecule has 3 aromatic rings. The van der Waals surface area contributed by atoms with Gasteiger partial charge < -0.3 is 9.47 Å². The fourth-order valence-electron chi connectivity index (χ4n) is 2.62. The minimum Gasteiger partial charge on any atom is -0.484 e. The highest BCUT2D eigenvalue weighted by molar-refractivity contribution is 5.54. The first-order valence-electron chi connectivity index (χ1n) is 9.01. The molecule has 7 nitrogen and oxygen atoms in total. The van der Waals surface area contributed by atoms with Crippen LogP contribution in [0.25, 0.3) is 17.1 Å². The van der Waals surface area contributed by atoms with E-state index in [1.54, 1.807) is 7.05 Å². The lowest BCUT2D eigenvalue weighted by Gasteiger charge is -2.20. The summed E-state index contributed by atoms with van der Waals surface area (Å²) >= 11 is 0. The molecule has 0 aliphatic heterocycles. The molecule has 0 spiro atoms. The van der Waals surface area contributed by atoms with Gasteiger partial charge in [0.25, 0.3) is 5.56 Å². The monoisotopic (exact) mass is 462 g/mol. The Morgan fingerprint density at radius 1 is 1.06 bits per heavy atom. The predicted molar refractivity (Wildman–Crippen MR) is 99.7 cm³/mol. The molecule has 0 N–H and O–H groups in total. The van der Waals surface area contributed by atoms with Gasteiger partial charge in [-0.25, -0.2) is 4.57 Å². The van der Waals surface area contributed by atoms with E-state index in [-0.39, 0.29) is 17.1 Å². The van der Waals surface area contributed by atoms with Crippen molar-refractivity contribution >= 4 is 0 Å². The lowest BCUT2D eigenvalue weighted by Crippen LogP contribution is -2.34. The predicted octanol–water partition coefficient (Wildman–Crippen LogP) is 3.90. The Bertz CT molecular complexity index is 1140. The normalized spacial score (nSPS) is 13.1. The molecular formula is C19H16F6N4O3. The van der Waals surface area contributed by atoms with Crippen LogP contribution in [0.1, 0.15) is 6.92 Å². The van der Waals surface area contributed by atoms with Crippen LogP contribution in [0.15, 0.2) is 47.4 Å². The number of aromatic nitrogens is 4. The Morgan fingerprint density at radius 3 is 2.25 bits per heavy atom. The summed E-state index contributed by atoms with van der Waals surface area (Å²) in [5.41, 5.74) is -0.372. The summed E-state index contributed by atoms with van der Waals surface area (Å²) in [6.07, 6.45) is -10.2. The van der Waals surface area contributed by atoms with E-state index in [2.05, 4.69) is 14.8 Å². The van der Waals surface area contributed by atoms with Crippen LogP contribution in [-0.4, -0.2) is 44.4 Å². The van der Waals surface area contributed by atoms with Crippen LogP contribution >= 0.6 is 0 Å². The molecule has 1 aromatic carbocycles. The molecule has 0 amide bonds. The summed E-state index contributed by atoms with van der Waals surface area (Å²) in [7, 11) is 1.56. The molecule has 0 bridgehead atoms. The van der Waals surface area contributed by atoms with Crippen LogP contribution in [-0.2, 0) is 7.05 Å². The summed E-state index contributed by atoms with van der Waals surface area (Å²) < 4.78 is 87.8. The third-order valence-electron chi connectivity index (χ3n) is 4.21. The molecule has 1 atom stereocenters. The van der Waals surface area contributed by atoms with Crippen molar-refractivity contribution in [3.63, 3.8) is 0 Å². The first-order chi connectivity index (χ1) is 14.8. The van der Waals surface area contributed by atoms with Crippen molar-refractivity contribution in [3.8, 4) is 28.8 Å². The maximum atomic E-state index is 13.1. The molecule has 32 heavy (non-hydrogen) atoms. The standard InChI is InChI=1S/C19H16F6N4O3/c1-11(19(23,24)25)32-17-27-14(15-7-8-26-28(15)2)9-16(30)29(17)12-3-5-13(6-4-12)31-10-18(20,21)22/h3-9,11H,10H2,1-2H3/t11-/m1/s1. The Morgan fingerprint density at radius 2 is 1.72 bits per heavy atom. The van der Waals surface area contributed by atoms with Gasteiger partial charge in [0.15, 0.2) is 12.7 Å². The summed E-state index contributed by atoms with van der Waals surface area (Å²) in [5, 5.41) is 3.93. The van der Waals surface area contributed by atoms with Crippen molar-refractivity contribution in [2.75, 3.05) is 6.61 Å². The van der Waals surface area contributed by atoms with Crippen molar-refractivity contribution in [2.24, 2.45) is 7.05 Å². The average Bonchev–Trinajstić information content (AvgIpc) is 3.11. The van der Waals surface area contributed by atoms with Gasteiger partial charge in [-0.3, -0.25) is 9.48 Å². The Labute approximate surface area is 176 Å². The van der Waals surface area contributed by atoms with Crippen LogP contribution in [0.3, 0.4) is 0 Å². The minimum atomic E-state index is -4.74. The van der Waals surface area contributed by atoms with E-state index < -0.39 is 36.6 Å². The number of alkyl halides is 6. The number of hydrogen-bond acceptors (Lipinski definition) is 5.